The summed E-state index contributed by atoms with van der Waals surface area (Å²) < 4.78 is 17.8. The number of anilines is 1. The van der Waals surface area contributed by atoms with Gasteiger partial charge >= 0.3 is 5.97 Å². The standard InChI is InChI=1S/C14H14FN3O2S/c1-2-20-13(19)12(11-8-21-14(16)18-11)17-7-9-3-5-10(15)6-4-9/h3-6,8H,2,7H2,1H3,(H2,16,18)/b17-12-. The van der Waals surface area contributed by atoms with Crippen molar-refractivity contribution in [2.45, 2.75) is 13.5 Å². The predicted molar refractivity (Wildman–Crippen MR) is 79.8 cm³/mol. The summed E-state index contributed by atoms with van der Waals surface area (Å²) in [4.78, 5) is 20.2. The number of nitrogens with two attached hydrogens (primary N) is 1. The van der Waals surface area contributed by atoms with Crippen molar-refractivity contribution >= 4 is 28.1 Å². The Kier molecular flexibility index (Phi) is 4.99. The van der Waals surface area contributed by atoms with E-state index in [0.717, 1.165) is 5.56 Å². The monoisotopic (exact) mass is 307 g/mol. The number of esters is 1. The van der Waals surface area contributed by atoms with E-state index in [1.54, 1.807) is 24.4 Å². The summed E-state index contributed by atoms with van der Waals surface area (Å²) in [5.74, 6) is -0.870. The zero-order valence-corrected chi connectivity index (χ0v) is 12.2. The lowest BCUT2D eigenvalue weighted by molar-refractivity contribution is -0.134. The van der Waals surface area contributed by atoms with E-state index in [0.29, 0.717) is 10.8 Å². The minimum atomic E-state index is -0.551. The van der Waals surface area contributed by atoms with Crippen LogP contribution in [0, 0.1) is 5.82 Å². The molecule has 5 nitrogen and oxygen atoms in total. The van der Waals surface area contributed by atoms with E-state index in [9.17, 15) is 9.18 Å². The molecule has 0 bridgehead atoms. The van der Waals surface area contributed by atoms with Crippen molar-refractivity contribution in [3.63, 3.8) is 0 Å². The van der Waals surface area contributed by atoms with Crippen LogP contribution in [0.15, 0.2) is 34.6 Å². The van der Waals surface area contributed by atoms with Crippen LogP contribution in [0.25, 0.3) is 0 Å². The Labute approximate surface area is 125 Å². The van der Waals surface area contributed by atoms with Gasteiger partial charge in [-0.05, 0) is 24.6 Å². The molecule has 2 rings (SSSR count). The number of thiazole rings is 1. The summed E-state index contributed by atoms with van der Waals surface area (Å²) in [5, 5.41) is 2.00. The fourth-order valence-corrected chi connectivity index (χ4v) is 2.15. The van der Waals surface area contributed by atoms with Crippen molar-refractivity contribution in [2.24, 2.45) is 4.99 Å². The Bertz CT molecular complexity index is 652. The topological polar surface area (TPSA) is 77.6 Å². The maximum absolute atomic E-state index is 12.8. The summed E-state index contributed by atoms with van der Waals surface area (Å²) in [6.07, 6.45) is 0. The van der Waals surface area contributed by atoms with Crippen LogP contribution < -0.4 is 5.73 Å². The first-order chi connectivity index (χ1) is 10.1. The van der Waals surface area contributed by atoms with Gasteiger partial charge in [0, 0.05) is 5.38 Å². The highest BCUT2D eigenvalue weighted by atomic mass is 32.1. The first kappa shape index (κ1) is 15.1. The molecule has 2 aromatic rings. The van der Waals surface area contributed by atoms with Gasteiger partial charge in [-0.15, -0.1) is 11.3 Å². The highest BCUT2D eigenvalue weighted by Crippen LogP contribution is 2.14. The Hall–Kier alpha value is -2.28. The quantitative estimate of drug-likeness (QED) is 0.679. The van der Waals surface area contributed by atoms with Crippen LogP contribution in [0.3, 0.4) is 0 Å². The van der Waals surface area contributed by atoms with Crippen LogP contribution in [0.1, 0.15) is 18.2 Å². The number of carbonyl (C=O) groups excluding carboxylic acids is 1. The minimum absolute atomic E-state index is 0.120. The van der Waals surface area contributed by atoms with Crippen LogP contribution in [0.5, 0.6) is 0 Å². The number of carbonyl (C=O) groups is 1. The van der Waals surface area contributed by atoms with E-state index < -0.39 is 5.97 Å². The second-order valence-corrected chi connectivity index (χ2v) is 4.97. The van der Waals surface area contributed by atoms with Gasteiger partial charge in [0.05, 0.1) is 13.2 Å². The van der Waals surface area contributed by atoms with Crippen molar-refractivity contribution < 1.29 is 13.9 Å². The number of nitrogen functional groups attached to an aromatic ring is 1. The Morgan fingerprint density at radius 1 is 1.43 bits per heavy atom. The number of halogens is 1. The van der Waals surface area contributed by atoms with Crippen LogP contribution >= 0.6 is 11.3 Å². The fraction of sp³-hybridized carbons (Fsp3) is 0.214. The van der Waals surface area contributed by atoms with Crippen molar-refractivity contribution in [3.8, 4) is 0 Å². The second-order valence-electron chi connectivity index (χ2n) is 4.08. The molecule has 0 aliphatic carbocycles. The molecule has 7 heteroatoms. The number of aromatic nitrogens is 1. The molecule has 0 aliphatic heterocycles. The lowest BCUT2D eigenvalue weighted by atomic mass is 10.2. The first-order valence-electron chi connectivity index (χ1n) is 6.27. The maximum Gasteiger partial charge on any atom is 0.358 e. The third-order valence-electron chi connectivity index (χ3n) is 2.57. The molecule has 110 valence electrons. The van der Waals surface area contributed by atoms with Gasteiger partial charge in [0.25, 0.3) is 0 Å². The SMILES string of the molecule is CCOC(=O)/C(=N\Cc1ccc(F)cc1)c1csc(N)n1. The van der Waals surface area contributed by atoms with Crippen LogP contribution in [0.2, 0.25) is 0 Å². The summed E-state index contributed by atoms with van der Waals surface area (Å²) in [7, 11) is 0. The van der Waals surface area contributed by atoms with E-state index in [-0.39, 0.29) is 24.7 Å². The Morgan fingerprint density at radius 3 is 2.71 bits per heavy atom. The van der Waals surface area contributed by atoms with Crippen molar-refractivity contribution in [3.05, 3.63) is 46.7 Å². The molecule has 0 saturated carbocycles. The van der Waals surface area contributed by atoms with Gasteiger partial charge in [-0.25, -0.2) is 14.2 Å². The average molecular weight is 307 g/mol. The summed E-state index contributed by atoms with van der Waals surface area (Å²) in [5.41, 5.74) is 6.86. The molecule has 21 heavy (non-hydrogen) atoms. The third kappa shape index (κ3) is 4.09. The summed E-state index contributed by atoms with van der Waals surface area (Å²) >= 11 is 1.22. The molecule has 1 aromatic carbocycles. The zero-order chi connectivity index (χ0) is 15.2. The van der Waals surface area contributed by atoms with E-state index in [4.69, 9.17) is 10.5 Å². The number of aliphatic imine (C=N–C) groups is 1. The molecule has 0 radical (unpaired) electrons. The molecule has 0 amide bonds. The third-order valence-corrected chi connectivity index (χ3v) is 3.24. The smallest absolute Gasteiger partial charge is 0.358 e. The number of hydrogen-bond acceptors (Lipinski definition) is 6. The average Bonchev–Trinajstić information content (AvgIpc) is 2.88. The first-order valence-corrected chi connectivity index (χ1v) is 7.15. The normalized spacial score (nSPS) is 11.4. The van der Waals surface area contributed by atoms with Crippen LogP contribution in [-0.4, -0.2) is 23.3 Å². The number of benzene rings is 1. The molecular weight excluding hydrogens is 293 g/mol. The highest BCUT2D eigenvalue weighted by molar-refractivity contribution is 7.13. The zero-order valence-electron chi connectivity index (χ0n) is 11.4. The van der Waals surface area contributed by atoms with Gasteiger partial charge in [0.1, 0.15) is 11.5 Å². The van der Waals surface area contributed by atoms with E-state index in [1.807, 2.05) is 0 Å². The molecule has 0 unspecified atom stereocenters. The van der Waals surface area contributed by atoms with Gasteiger partial charge < -0.3 is 10.5 Å². The molecule has 0 spiro atoms. The van der Waals surface area contributed by atoms with Gasteiger partial charge in [-0.1, -0.05) is 12.1 Å². The number of rotatable bonds is 5. The van der Waals surface area contributed by atoms with Crippen molar-refractivity contribution in [2.75, 3.05) is 12.3 Å². The van der Waals surface area contributed by atoms with E-state index in [1.165, 1.54) is 23.5 Å². The number of ether oxygens (including phenoxy) is 1. The van der Waals surface area contributed by atoms with Crippen molar-refractivity contribution in [1.82, 2.24) is 4.98 Å². The lowest BCUT2D eigenvalue weighted by Gasteiger charge is -2.04. The predicted octanol–water partition coefficient (Wildman–Crippen LogP) is 2.42. The highest BCUT2D eigenvalue weighted by Gasteiger charge is 2.18. The maximum atomic E-state index is 12.8. The largest absolute Gasteiger partial charge is 0.461 e. The van der Waals surface area contributed by atoms with Gasteiger partial charge in [-0.2, -0.15) is 0 Å². The number of nitrogens with zero attached hydrogens (tertiary/aromatic N) is 2. The molecule has 2 N–H and O–H groups in total. The van der Waals surface area contributed by atoms with Crippen LogP contribution in [-0.2, 0) is 16.1 Å². The summed E-state index contributed by atoms with van der Waals surface area (Å²) in [6, 6.07) is 5.90. The second kappa shape index (κ2) is 6.94. The van der Waals surface area contributed by atoms with E-state index >= 15 is 0 Å². The molecular formula is C14H14FN3O2S. The molecule has 0 fully saturated rings. The van der Waals surface area contributed by atoms with E-state index in [2.05, 4.69) is 9.98 Å². The molecule has 1 aromatic heterocycles. The minimum Gasteiger partial charge on any atom is -0.461 e. The summed E-state index contributed by atoms with van der Waals surface area (Å²) in [6.45, 7) is 2.19. The van der Waals surface area contributed by atoms with Gasteiger partial charge in [0.2, 0.25) is 0 Å². The molecule has 0 atom stereocenters. The number of hydrogen-bond donors (Lipinski definition) is 1. The van der Waals surface area contributed by atoms with Crippen molar-refractivity contribution in [1.29, 1.82) is 0 Å². The lowest BCUT2D eigenvalue weighted by Crippen LogP contribution is -2.19. The van der Waals surface area contributed by atoms with Gasteiger partial charge in [0.15, 0.2) is 10.8 Å². The Morgan fingerprint density at radius 2 is 2.14 bits per heavy atom. The molecule has 0 saturated heterocycles. The fourth-order valence-electron chi connectivity index (χ4n) is 1.61. The molecule has 0 aliphatic rings. The van der Waals surface area contributed by atoms with Gasteiger partial charge in [-0.3, -0.25) is 4.99 Å². The van der Waals surface area contributed by atoms with Crippen LogP contribution in [0.4, 0.5) is 9.52 Å². The molecule has 1 heterocycles. The Balaban J connectivity index is 2.24.